The van der Waals surface area contributed by atoms with Crippen LogP contribution >= 0.6 is 0 Å². The Balaban J connectivity index is 1.13. The zero-order chi connectivity index (χ0) is 39.5. The van der Waals surface area contributed by atoms with Gasteiger partial charge in [-0.15, -0.1) is 0 Å². The van der Waals surface area contributed by atoms with Crippen molar-refractivity contribution in [2.75, 3.05) is 0 Å². The van der Waals surface area contributed by atoms with Crippen LogP contribution in [-0.4, -0.2) is 9.13 Å². The van der Waals surface area contributed by atoms with Crippen molar-refractivity contribution in [3.8, 4) is 11.4 Å². The number of aromatic nitrogens is 2. The molecule has 10 aromatic carbocycles. The fourth-order valence-corrected chi connectivity index (χ4v) is 10.8. The number of hydrogen-bond donors (Lipinski definition) is 0. The van der Waals surface area contributed by atoms with E-state index in [0.717, 1.165) is 115 Å². The number of rotatable bonds is 2. The van der Waals surface area contributed by atoms with E-state index < -0.39 is 0 Å². The molecule has 5 nitrogen and oxygen atoms in total. The van der Waals surface area contributed by atoms with E-state index in [4.69, 9.17) is 13.3 Å². The Hall–Kier alpha value is -8.28. The van der Waals surface area contributed by atoms with Gasteiger partial charge in [-0.05, 0) is 58.6 Å². The normalized spacial score (nSPS) is 12.6. The van der Waals surface area contributed by atoms with Crippen molar-refractivity contribution >= 4 is 131 Å². The van der Waals surface area contributed by atoms with Crippen molar-refractivity contribution in [2.45, 2.75) is 0 Å². The summed E-state index contributed by atoms with van der Waals surface area (Å²) in [5, 5.41) is 15.9. The van der Waals surface area contributed by atoms with E-state index in [-0.39, 0.29) is 0 Å². The summed E-state index contributed by atoms with van der Waals surface area (Å²) in [4.78, 5) is 0. The molecule has 0 saturated heterocycles. The molecule has 0 unspecified atom stereocenters. The smallest absolute Gasteiger partial charge is 0.159 e. The maximum atomic E-state index is 7.22. The lowest BCUT2D eigenvalue weighted by molar-refractivity contribution is 0.665. The first-order chi connectivity index (χ1) is 30.3. The van der Waals surface area contributed by atoms with Gasteiger partial charge in [-0.3, -0.25) is 0 Å². The molecule has 5 heterocycles. The molecule has 0 radical (unpaired) electrons. The van der Waals surface area contributed by atoms with Gasteiger partial charge in [-0.1, -0.05) is 133 Å². The molecule has 0 saturated carbocycles. The van der Waals surface area contributed by atoms with Gasteiger partial charge in [0, 0.05) is 65.3 Å². The minimum atomic E-state index is 0.836. The van der Waals surface area contributed by atoms with Gasteiger partial charge >= 0.3 is 0 Å². The van der Waals surface area contributed by atoms with Crippen LogP contribution < -0.4 is 0 Å². The van der Waals surface area contributed by atoms with Gasteiger partial charge in [0.25, 0.3) is 0 Å². The van der Waals surface area contributed by atoms with Gasteiger partial charge in [-0.2, -0.15) is 0 Å². The zero-order valence-electron chi connectivity index (χ0n) is 32.4. The molecule has 15 rings (SSSR count). The van der Waals surface area contributed by atoms with E-state index in [1.807, 2.05) is 12.1 Å². The Morgan fingerprint density at radius 3 is 1.28 bits per heavy atom. The van der Waals surface area contributed by atoms with Crippen LogP contribution in [0.4, 0.5) is 0 Å². The lowest BCUT2D eigenvalue weighted by Gasteiger charge is -2.20. The topological polar surface area (TPSA) is 49.3 Å². The summed E-state index contributed by atoms with van der Waals surface area (Å²) < 4.78 is 25.4. The second kappa shape index (κ2) is 11.3. The Bertz CT molecular complexity index is 4420. The first-order valence-corrected chi connectivity index (χ1v) is 20.8. The molecule has 0 aliphatic heterocycles. The van der Waals surface area contributed by atoms with Crippen LogP contribution in [0.1, 0.15) is 0 Å². The first-order valence-electron chi connectivity index (χ1n) is 20.8. The van der Waals surface area contributed by atoms with E-state index in [1.165, 1.54) is 26.9 Å². The summed E-state index contributed by atoms with van der Waals surface area (Å²) in [6.07, 6.45) is 0. The van der Waals surface area contributed by atoms with Crippen LogP contribution in [0.5, 0.6) is 0 Å². The van der Waals surface area contributed by atoms with Crippen LogP contribution in [-0.2, 0) is 0 Å². The summed E-state index contributed by atoms with van der Waals surface area (Å²) in [6.45, 7) is 0. The highest BCUT2D eigenvalue weighted by molar-refractivity contribution is 6.35. The van der Waals surface area contributed by atoms with Crippen LogP contribution in [0.25, 0.3) is 142 Å². The molecule has 15 aromatic rings. The average Bonchev–Trinajstić information content (AvgIpc) is 4.01. The molecule has 0 amide bonds. The third-order valence-electron chi connectivity index (χ3n) is 13.3. The van der Waals surface area contributed by atoms with E-state index >= 15 is 0 Å². The summed E-state index contributed by atoms with van der Waals surface area (Å²) in [5.41, 5.74) is 11.5. The van der Waals surface area contributed by atoms with Gasteiger partial charge in [0.2, 0.25) is 0 Å². The van der Waals surface area contributed by atoms with E-state index in [1.54, 1.807) is 0 Å². The number of nitrogens with zero attached hydrogens (tertiary/aromatic N) is 2. The Labute approximate surface area is 345 Å². The van der Waals surface area contributed by atoms with Gasteiger partial charge in [0.1, 0.15) is 22.3 Å². The minimum Gasteiger partial charge on any atom is -0.455 e. The summed E-state index contributed by atoms with van der Waals surface area (Å²) in [7, 11) is 0. The lowest BCUT2D eigenvalue weighted by Crippen LogP contribution is -2.02. The number of fused-ring (bicyclic) bond motifs is 15. The highest BCUT2D eigenvalue weighted by Gasteiger charge is 2.25. The fourth-order valence-electron chi connectivity index (χ4n) is 10.8. The molecular formula is C56H30N2O3. The molecule has 0 atom stereocenters. The molecule has 0 aliphatic rings. The number of furan rings is 3. The van der Waals surface area contributed by atoms with Gasteiger partial charge in [-0.25, -0.2) is 0 Å². The molecule has 0 N–H and O–H groups in total. The first kappa shape index (κ1) is 31.7. The second-order valence-corrected chi connectivity index (χ2v) is 16.3. The van der Waals surface area contributed by atoms with Crippen molar-refractivity contribution in [3.05, 3.63) is 182 Å². The number of pyridine rings is 2. The Morgan fingerprint density at radius 2 is 0.672 bits per heavy atom. The standard InChI is InChI=1S/C56H30N2O3/c1-6-24-43-31(13-1)35-17-9-21-39-51(35)47(58(43)45-26-12-20-38-34-16-4-8-28-49(34)60-56(38)45)30-50-53(39)41-29-46-52-36(18-10-22-40(52)54(41)61-50)32-14-2-5-23-42(32)57(46)44-25-11-19-37-33-15-3-7-27-48(33)59-55(37)44/h1-30H. The summed E-state index contributed by atoms with van der Waals surface area (Å²) in [6, 6.07) is 65.0. The van der Waals surface area contributed by atoms with Crippen LogP contribution in [0.2, 0.25) is 0 Å². The lowest BCUT2D eigenvalue weighted by atomic mass is 9.94. The average molecular weight is 779 g/mol. The summed E-state index contributed by atoms with van der Waals surface area (Å²) in [5.74, 6) is 0. The predicted octanol–water partition coefficient (Wildman–Crippen LogP) is 15.9. The minimum absolute atomic E-state index is 0.836. The van der Waals surface area contributed by atoms with Crippen molar-refractivity contribution in [1.29, 1.82) is 0 Å². The monoisotopic (exact) mass is 778 g/mol. The Kier molecular flexibility index (Phi) is 5.85. The molecule has 5 aromatic heterocycles. The third kappa shape index (κ3) is 3.96. The zero-order valence-corrected chi connectivity index (χ0v) is 32.4. The largest absolute Gasteiger partial charge is 0.455 e. The van der Waals surface area contributed by atoms with E-state index in [0.29, 0.717) is 0 Å². The Morgan fingerprint density at radius 1 is 0.246 bits per heavy atom. The fraction of sp³-hybridized carbons (Fsp3) is 0. The predicted molar refractivity (Wildman–Crippen MR) is 252 cm³/mol. The molecule has 0 aliphatic carbocycles. The molecule has 61 heavy (non-hydrogen) atoms. The van der Waals surface area contributed by atoms with E-state index in [2.05, 4.69) is 179 Å². The molecule has 282 valence electrons. The molecule has 0 spiro atoms. The third-order valence-corrected chi connectivity index (χ3v) is 13.3. The molecule has 0 fully saturated rings. The van der Waals surface area contributed by atoms with Crippen molar-refractivity contribution in [3.63, 3.8) is 0 Å². The van der Waals surface area contributed by atoms with Gasteiger partial charge in [0.15, 0.2) is 11.2 Å². The van der Waals surface area contributed by atoms with Crippen LogP contribution in [0, 0.1) is 0 Å². The number of para-hydroxylation sites is 6. The highest BCUT2D eigenvalue weighted by atomic mass is 16.3. The van der Waals surface area contributed by atoms with Crippen molar-refractivity contribution < 1.29 is 13.3 Å². The van der Waals surface area contributed by atoms with E-state index in [9.17, 15) is 0 Å². The summed E-state index contributed by atoms with van der Waals surface area (Å²) >= 11 is 0. The van der Waals surface area contributed by atoms with Crippen LogP contribution in [0.15, 0.2) is 195 Å². The molecule has 5 heteroatoms. The van der Waals surface area contributed by atoms with Gasteiger partial charge in [0.05, 0.1) is 33.4 Å². The number of hydrogen-bond acceptors (Lipinski definition) is 3. The van der Waals surface area contributed by atoms with Crippen molar-refractivity contribution in [1.82, 2.24) is 9.13 Å². The maximum absolute atomic E-state index is 7.22. The SMILES string of the molecule is c1ccc2c(c1)oc1c(-n3c4ccccc4c4cccc5c6oc7cc8c9c(cccc9c7c6cc3c45)c3ccccc3n8-c3cccc4c3oc3ccccc34)cccc12. The second-order valence-electron chi connectivity index (χ2n) is 16.3. The number of benzene rings is 10. The van der Waals surface area contributed by atoms with Crippen LogP contribution in [0.3, 0.4) is 0 Å². The quantitative estimate of drug-likeness (QED) is 0.130. The van der Waals surface area contributed by atoms with Crippen molar-refractivity contribution in [2.24, 2.45) is 0 Å². The molecular weight excluding hydrogens is 749 g/mol. The maximum Gasteiger partial charge on any atom is 0.159 e. The highest BCUT2D eigenvalue weighted by Crippen LogP contribution is 2.48. The van der Waals surface area contributed by atoms with Gasteiger partial charge < -0.3 is 22.4 Å². The molecule has 0 bridgehead atoms.